The van der Waals surface area contributed by atoms with E-state index in [-0.39, 0.29) is 5.41 Å². The molecule has 0 aliphatic heterocycles. The molecule has 118 valence electrons. The SMILES string of the molecule is CC(C)(C)c1nc(-c2ccc(-c3ccccc3)s2)sc1C(=O)O. The lowest BCUT2D eigenvalue weighted by molar-refractivity contribution is 0.0699. The fourth-order valence-electron chi connectivity index (χ4n) is 2.29. The number of thiazole rings is 1. The molecular weight excluding hydrogens is 326 g/mol. The fraction of sp³-hybridized carbons (Fsp3) is 0.222. The Kier molecular flexibility index (Phi) is 4.08. The number of benzene rings is 1. The summed E-state index contributed by atoms with van der Waals surface area (Å²) in [5.74, 6) is -0.904. The molecule has 0 fully saturated rings. The molecule has 1 aromatic carbocycles. The van der Waals surface area contributed by atoms with Crippen molar-refractivity contribution in [2.45, 2.75) is 26.2 Å². The van der Waals surface area contributed by atoms with Gasteiger partial charge in [0.05, 0.1) is 10.6 Å². The van der Waals surface area contributed by atoms with Crippen molar-refractivity contribution >= 4 is 28.6 Å². The van der Waals surface area contributed by atoms with Gasteiger partial charge >= 0.3 is 5.97 Å². The Morgan fingerprint density at radius 3 is 2.22 bits per heavy atom. The highest BCUT2D eigenvalue weighted by Gasteiger charge is 2.27. The average Bonchev–Trinajstić information content (AvgIpc) is 3.14. The number of carboxylic acids is 1. The summed E-state index contributed by atoms with van der Waals surface area (Å²) in [5.41, 5.74) is 1.52. The van der Waals surface area contributed by atoms with Crippen molar-refractivity contribution in [3.63, 3.8) is 0 Å². The minimum Gasteiger partial charge on any atom is -0.477 e. The van der Waals surface area contributed by atoms with Crippen molar-refractivity contribution < 1.29 is 9.90 Å². The summed E-state index contributed by atoms with van der Waals surface area (Å²) in [5, 5.41) is 10.2. The van der Waals surface area contributed by atoms with Gasteiger partial charge in [0, 0.05) is 10.3 Å². The average molecular weight is 343 g/mol. The normalized spacial score (nSPS) is 11.6. The number of carboxylic acid groups (broad SMARTS) is 1. The van der Waals surface area contributed by atoms with Crippen LogP contribution in [0.3, 0.4) is 0 Å². The highest BCUT2D eigenvalue weighted by Crippen LogP contribution is 2.39. The number of nitrogens with zero attached hydrogens (tertiary/aromatic N) is 1. The van der Waals surface area contributed by atoms with Gasteiger partial charge in [0.2, 0.25) is 0 Å². The number of hydrogen-bond acceptors (Lipinski definition) is 4. The first-order chi connectivity index (χ1) is 10.9. The largest absolute Gasteiger partial charge is 0.477 e. The van der Waals surface area contributed by atoms with Gasteiger partial charge < -0.3 is 5.11 Å². The van der Waals surface area contributed by atoms with Gasteiger partial charge in [-0.3, -0.25) is 0 Å². The van der Waals surface area contributed by atoms with Crippen LogP contribution in [0.4, 0.5) is 0 Å². The minimum absolute atomic E-state index is 0.290. The van der Waals surface area contributed by atoms with Crippen LogP contribution in [0.1, 0.15) is 36.1 Å². The van der Waals surface area contributed by atoms with Crippen molar-refractivity contribution in [1.82, 2.24) is 4.98 Å². The van der Waals surface area contributed by atoms with E-state index >= 15 is 0 Å². The van der Waals surface area contributed by atoms with E-state index < -0.39 is 5.97 Å². The van der Waals surface area contributed by atoms with Crippen molar-refractivity contribution in [2.24, 2.45) is 0 Å². The first kappa shape index (κ1) is 15.9. The lowest BCUT2D eigenvalue weighted by Crippen LogP contribution is -2.16. The molecule has 0 atom stereocenters. The summed E-state index contributed by atoms with van der Waals surface area (Å²) >= 11 is 2.89. The van der Waals surface area contributed by atoms with E-state index in [4.69, 9.17) is 0 Å². The molecule has 5 heteroatoms. The van der Waals surface area contributed by atoms with Crippen LogP contribution in [-0.4, -0.2) is 16.1 Å². The van der Waals surface area contributed by atoms with E-state index in [9.17, 15) is 9.90 Å². The molecule has 0 amide bonds. The zero-order valence-electron chi connectivity index (χ0n) is 13.2. The lowest BCUT2D eigenvalue weighted by Gasteiger charge is -2.15. The van der Waals surface area contributed by atoms with Gasteiger partial charge in [0.25, 0.3) is 0 Å². The molecule has 2 aromatic heterocycles. The third-order valence-corrected chi connectivity index (χ3v) is 5.75. The summed E-state index contributed by atoms with van der Waals surface area (Å²) in [7, 11) is 0. The van der Waals surface area contributed by atoms with Crippen LogP contribution in [0, 0.1) is 0 Å². The van der Waals surface area contributed by atoms with Crippen LogP contribution in [0.2, 0.25) is 0 Å². The van der Waals surface area contributed by atoms with Crippen LogP contribution in [-0.2, 0) is 5.41 Å². The predicted octanol–water partition coefficient (Wildman–Crippen LogP) is 5.53. The van der Waals surface area contributed by atoms with E-state index in [1.165, 1.54) is 11.3 Å². The second-order valence-corrected chi connectivity index (χ2v) is 8.36. The number of thiophene rings is 1. The fourth-order valence-corrected chi connectivity index (χ4v) is 4.47. The summed E-state index contributed by atoms with van der Waals surface area (Å²) in [4.78, 5) is 18.6. The molecule has 3 rings (SSSR count). The first-order valence-corrected chi connectivity index (χ1v) is 8.90. The van der Waals surface area contributed by atoms with Crippen molar-refractivity contribution in [1.29, 1.82) is 0 Å². The minimum atomic E-state index is -0.904. The van der Waals surface area contributed by atoms with E-state index in [1.54, 1.807) is 11.3 Å². The summed E-state index contributed by atoms with van der Waals surface area (Å²) < 4.78 is 0. The van der Waals surface area contributed by atoms with E-state index in [0.29, 0.717) is 10.6 Å². The maximum Gasteiger partial charge on any atom is 0.347 e. The first-order valence-electron chi connectivity index (χ1n) is 7.26. The zero-order chi connectivity index (χ0) is 16.6. The smallest absolute Gasteiger partial charge is 0.347 e. The molecule has 0 saturated carbocycles. The predicted molar refractivity (Wildman–Crippen MR) is 96.5 cm³/mol. The number of aromatic nitrogens is 1. The molecule has 0 aliphatic rings. The standard InChI is InChI=1S/C18H17NO2S2/c1-18(2,3)15-14(17(20)21)23-16(19-15)13-10-9-12(22-13)11-7-5-4-6-8-11/h4-10H,1-3H3,(H,20,21). The summed E-state index contributed by atoms with van der Waals surface area (Å²) in [6.45, 7) is 5.96. The highest BCUT2D eigenvalue weighted by atomic mass is 32.1. The van der Waals surface area contributed by atoms with Gasteiger partial charge in [-0.2, -0.15) is 0 Å². The Morgan fingerprint density at radius 1 is 1.00 bits per heavy atom. The highest BCUT2D eigenvalue weighted by molar-refractivity contribution is 7.24. The third-order valence-electron chi connectivity index (χ3n) is 3.41. The van der Waals surface area contributed by atoms with Crippen LogP contribution in [0.5, 0.6) is 0 Å². The van der Waals surface area contributed by atoms with Crippen LogP contribution in [0.25, 0.3) is 20.3 Å². The lowest BCUT2D eigenvalue weighted by atomic mass is 9.91. The molecule has 0 radical (unpaired) electrons. The topological polar surface area (TPSA) is 50.2 Å². The molecule has 0 saturated heterocycles. The summed E-state index contributed by atoms with van der Waals surface area (Å²) in [6, 6.07) is 14.2. The molecular formula is C18H17NO2S2. The number of carbonyl (C=O) groups is 1. The second kappa shape index (κ2) is 5.91. The number of rotatable bonds is 3. The Balaban J connectivity index is 2.03. The quantitative estimate of drug-likeness (QED) is 0.680. The molecule has 3 aromatic rings. The Morgan fingerprint density at radius 2 is 1.65 bits per heavy atom. The summed E-state index contributed by atoms with van der Waals surface area (Å²) in [6.07, 6.45) is 0. The second-order valence-electron chi connectivity index (χ2n) is 6.28. The van der Waals surface area contributed by atoms with E-state index in [0.717, 1.165) is 20.3 Å². The molecule has 23 heavy (non-hydrogen) atoms. The van der Waals surface area contributed by atoms with Crippen molar-refractivity contribution in [2.75, 3.05) is 0 Å². The van der Waals surface area contributed by atoms with Crippen molar-refractivity contribution in [3.05, 3.63) is 53.0 Å². The van der Waals surface area contributed by atoms with Gasteiger partial charge in [-0.1, -0.05) is 51.1 Å². The zero-order valence-corrected chi connectivity index (χ0v) is 14.8. The van der Waals surface area contributed by atoms with Gasteiger partial charge in [0.15, 0.2) is 0 Å². The van der Waals surface area contributed by atoms with Crippen molar-refractivity contribution in [3.8, 4) is 20.3 Å². The van der Waals surface area contributed by atoms with Gasteiger partial charge in [-0.05, 0) is 17.7 Å². The Bertz CT molecular complexity index is 842. The maximum absolute atomic E-state index is 11.5. The van der Waals surface area contributed by atoms with E-state index in [2.05, 4.69) is 23.2 Å². The number of hydrogen-bond donors (Lipinski definition) is 1. The molecule has 0 spiro atoms. The molecule has 3 nitrogen and oxygen atoms in total. The molecule has 0 bridgehead atoms. The monoisotopic (exact) mass is 343 g/mol. The maximum atomic E-state index is 11.5. The number of aromatic carboxylic acids is 1. The molecule has 2 heterocycles. The molecule has 1 N–H and O–H groups in total. The third kappa shape index (κ3) is 3.21. The van der Waals surface area contributed by atoms with Gasteiger partial charge in [-0.15, -0.1) is 22.7 Å². The van der Waals surface area contributed by atoms with E-state index in [1.807, 2.05) is 45.0 Å². The van der Waals surface area contributed by atoms with Crippen LogP contribution < -0.4 is 0 Å². The van der Waals surface area contributed by atoms with Gasteiger partial charge in [-0.25, -0.2) is 9.78 Å². The Hall–Kier alpha value is -1.98. The van der Waals surface area contributed by atoms with Crippen LogP contribution in [0.15, 0.2) is 42.5 Å². The molecule has 0 unspecified atom stereocenters. The van der Waals surface area contributed by atoms with Gasteiger partial charge in [0.1, 0.15) is 9.88 Å². The Labute approximate surface area is 143 Å². The van der Waals surface area contributed by atoms with Crippen LogP contribution >= 0.6 is 22.7 Å². The molecule has 0 aliphatic carbocycles.